The summed E-state index contributed by atoms with van der Waals surface area (Å²) in [6.45, 7) is 5.84. The normalized spacial score (nSPS) is 23.6. The van der Waals surface area contributed by atoms with E-state index < -0.39 is 11.4 Å². The van der Waals surface area contributed by atoms with Crippen molar-refractivity contribution in [2.24, 2.45) is 5.92 Å². The lowest BCUT2D eigenvalue weighted by Crippen LogP contribution is -2.50. The second-order valence-corrected chi connectivity index (χ2v) is 11.3. The summed E-state index contributed by atoms with van der Waals surface area (Å²) in [7, 11) is 3.33. The second-order valence-electron chi connectivity index (χ2n) is 11.3. The average molecular weight is 561 g/mol. The zero-order chi connectivity index (χ0) is 28.6. The van der Waals surface area contributed by atoms with Gasteiger partial charge in [-0.25, -0.2) is 10.2 Å². The van der Waals surface area contributed by atoms with E-state index in [2.05, 4.69) is 39.6 Å². The van der Waals surface area contributed by atoms with E-state index in [0.717, 1.165) is 48.9 Å². The molecular formula is C32H40N4O5. The Morgan fingerprint density at radius 2 is 1.85 bits per heavy atom. The molecule has 41 heavy (non-hydrogen) atoms. The number of allylic oxidation sites excluding steroid dienone is 1. The van der Waals surface area contributed by atoms with E-state index in [1.165, 1.54) is 36.2 Å². The van der Waals surface area contributed by atoms with Gasteiger partial charge in [0.25, 0.3) is 0 Å². The van der Waals surface area contributed by atoms with E-state index >= 15 is 0 Å². The zero-order valence-electron chi connectivity index (χ0n) is 24.2. The molecule has 2 atom stereocenters. The highest BCUT2D eigenvalue weighted by Gasteiger charge is 2.65. The number of methoxy groups -OCH3 is 2. The van der Waals surface area contributed by atoms with Crippen LogP contribution in [0.3, 0.4) is 0 Å². The van der Waals surface area contributed by atoms with Crippen molar-refractivity contribution in [1.29, 1.82) is 5.41 Å². The molecule has 0 aromatic heterocycles. The molecule has 218 valence electrons. The highest BCUT2D eigenvalue weighted by atomic mass is 16.5. The Hall–Kier alpha value is -3.56. The molecule has 0 amide bonds. The van der Waals surface area contributed by atoms with Crippen LogP contribution < -0.4 is 19.8 Å². The molecule has 9 nitrogen and oxygen atoms in total. The molecule has 2 aliphatic carbocycles. The maximum atomic E-state index is 12.7. The van der Waals surface area contributed by atoms with E-state index in [9.17, 15) is 4.79 Å². The van der Waals surface area contributed by atoms with Gasteiger partial charge >= 0.3 is 5.97 Å². The van der Waals surface area contributed by atoms with Crippen molar-refractivity contribution in [1.82, 2.24) is 10.4 Å². The number of rotatable bonds is 11. The molecule has 2 unspecified atom stereocenters. The number of nitrogens with one attached hydrogen (secondary N) is 2. The molecule has 2 heterocycles. The van der Waals surface area contributed by atoms with Crippen molar-refractivity contribution in [2.45, 2.75) is 50.6 Å². The first-order valence-corrected chi connectivity index (χ1v) is 14.7. The Morgan fingerprint density at radius 3 is 2.49 bits per heavy atom. The molecule has 2 aromatic rings. The fourth-order valence-electron chi connectivity index (χ4n) is 6.71. The van der Waals surface area contributed by atoms with Crippen LogP contribution in [0.5, 0.6) is 11.5 Å². The summed E-state index contributed by atoms with van der Waals surface area (Å²) >= 11 is 0. The predicted octanol–water partition coefficient (Wildman–Crippen LogP) is 4.21. The Kier molecular flexibility index (Phi) is 7.66. The molecule has 0 radical (unpaired) electrons. The van der Waals surface area contributed by atoms with E-state index in [-0.39, 0.29) is 24.8 Å². The topological polar surface area (TPSA) is 96.4 Å². The van der Waals surface area contributed by atoms with Crippen LogP contribution in [0, 0.1) is 11.3 Å². The Morgan fingerprint density at radius 1 is 1.10 bits per heavy atom. The van der Waals surface area contributed by atoms with Crippen LogP contribution in [0.15, 0.2) is 53.7 Å². The minimum Gasteiger partial charge on any atom is -0.497 e. The lowest BCUT2D eigenvalue weighted by molar-refractivity contribution is -0.135. The highest BCUT2D eigenvalue weighted by molar-refractivity contribution is 6.35. The summed E-state index contributed by atoms with van der Waals surface area (Å²) in [6.07, 6.45) is 3.87. The van der Waals surface area contributed by atoms with Crippen LogP contribution in [0.2, 0.25) is 0 Å². The number of hydrogen-bond donors (Lipinski definition) is 2. The number of nitrogens with zero attached hydrogens (tertiary/aromatic N) is 2. The minimum absolute atomic E-state index is 0.00726. The summed E-state index contributed by atoms with van der Waals surface area (Å²) in [4.78, 5) is 15.1. The Balaban J connectivity index is 1.35. The summed E-state index contributed by atoms with van der Waals surface area (Å²) in [5.41, 5.74) is 9.09. The minimum atomic E-state index is -0.542. The largest absolute Gasteiger partial charge is 0.497 e. The van der Waals surface area contributed by atoms with Crippen LogP contribution >= 0.6 is 0 Å². The van der Waals surface area contributed by atoms with Crippen molar-refractivity contribution < 1.29 is 23.7 Å². The number of morpholine rings is 1. The third-order valence-electron chi connectivity index (χ3n) is 9.08. The molecule has 6 rings (SSSR count). The van der Waals surface area contributed by atoms with Crippen molar-refractivity contribution in [3.8, 4) is 11.5 Å². The van der Waals surface area contributed by atoms with Crippen LogP contribution in [-0.4, -0.2) is 69.9 Å². The summed E-state index contributed by atoms with van der Waals surface area (Å²) in [5, 5.41) is 11.0. The van der Waals surface area contributed by atoms with Gasteiger partial charge in [0.2, 0.25) is 0 Å². The number of anilines is 1. The maximum absolute atomic E-state index is 12.7. The van der Waals surface area contributed by atoms with Gasteiger partial charge in [-0.1, -0.05) is 18.6 Å². The van der Waals surface area contributed by atoms with Gasteiger partial charge < -0.3 is 28.9 Å². The molecule has 0 bridgehead atoms. The van der Waals surface area contributed by atoms with Gasteiger partial charge in [0, 0.05) is 42.5 Å². The smallest absolute Gasteiger partial charge is 0.351 e. The molecule has 9 heteroatoms. The fourth-order valence-corrected chi connectivity index (χ4v) is 6.71. The number of carbonyl (C=O) groups is 1. The van der Waals surface area contributed by atoms with E-state index in [0.29, 0.717) is 12.5 Å². The number of benzene rings is 2. The van der Waals surface area contributed by atoms with Gasteiger partial charge in [-0.15, -0.1) is 0 Å². The predicted molar refractivity (Wildman–Crippen MR) is 157 cm³/mol. The fraction of sp³-hybridized carbons (Fsp3) is 0.500. The zero-order valence-corrected chi connectivity index (χ0v) is 24.2. The lowest BCUT2D eigenvalue weighted by atomic mass is 9.74. The first-order chi connectivity index (χ1) is 20.0. The molecule has 0 spiro atoms. The SMILES string of the molecule is CCOC(=O)C(=N)CC1(c2ccc(N3CCOCC3)cc2)C2=C1N(Cc1ccc(OC)cc1OC)NC2C1CCC1. The molecule has 2 fully saturated rings. The number of esters is 1. The van der Waals surface area contributed by atoms with Gasteiger partial charge in [0.05, 0.1) is 52.0 Å². The van der Waals surface area contributed by atoms with E-state index in [4.69, 9.17) is 24.4 Å². The molecule has 2 aromatic carbocycles. The quantitative estimate of drug-likeness (QED) is 0.312. The second kappa shape index (κ2) is 11.4. The maximum Gasteiger partial charge on any atom is 0.351 e. The van der Waals surface area contributed by atoms with Crippen molar-refractivity contribution >= 4 is 17.4 Å². The summed E-state index contributed by atoms with van der Waals surface area (Å²) in [5.74, 6) is 1.51. The van der Waals surface area contributed by atoms with Crippen LogP contribution in [0.1, 0.15) is 43.7 Å². The third kappa shape index (κ3) is 4.95. The van der Waals surface area contributed by atoms with Crippen molar-refractivity contribution in [3.05, 3.63) is 64.9 Å². The standard InChI is InChI=1S/C32H40N4O5/c1-4-41-31(37)26(33)19-32(23-9-11-24(12-10-23)35-14-16-40-17-15-35)28-29(21-6-5-7-21)34-36(30(28)32)20-22-8-13-25(38-2)18-27(22)39-3/h8-13,18,21,29,33-34H,4-7,14-17,19-20H2,1-3H3. The third-order valence-corrected chi connectivity index (χ3v) is 9.08. The number of hydrogen-bond acceptors (Lipinski definition) is 9. The monoisotopic (exact) mass is 560 g/mol. The number of ether oxygens (including phenoxy) is 4. The van der Waals surface area contributed by atoms with Crippen LogP contribution in [-0.2, 0) is 26.2 Å². The van der Waals surface area contributed by atoms with Gasteiger partial charge in [-0.2, -0.15) is 0 Å². The van der Waals surface area contributed by atoms with E-state index in [1.54, 1.807) is 21.1 Å². The molecule has 1 saturated heterocycles. The number of carbonyl (C=O) groups excluding carboxylic acids is 1. The first kappa shape index (κ1) is 27.6. The van der Waals surface area contributed by atoms with Gasteiger partial charge in [0.1, 0.15) is 17.2 Å². The molecule has 2 N–H and O–H groups in total. The van der Waals surface area contributed by atoms with E-state index in [1.807, 2.05) is 18.2 Å². The average Bonchev–Trinajstić information content (AvgIpc) is 3.49. The molecule has 4 aliphatic rings. The van der Waals surface area contributed by atoms with Crippen LogP contribution in [0.4, 0.5) is 5.69 Å². The Labute approximate surface area is 241 Å². The van der Waals surface area contributed by atoms with Gasteiger partial charge in [0.15, 0.2) is 0 Å². The van der Waals surface area contributed by atoms with Crippen molar-refractivity contribution in [2.75, 3.05) is 52.0 Å². The molecule has 2 aliphatic heterocycles. The lowest BCUT2D eigenvalue weighted by Gasteiger charge is -2.40. The van der Waals surface area contributed by atoms with Gasteiger partial charge in [-0.3, -0.25) is 5.41 Å². The molecular weight excluding hydrogens is 520 g/mol. The molecule has 1 saturated carbocycles. The highest BCUT2D eigenvalue weighted by Crippen LogP contribution is 2.64. The van der Waals surface area contributed by atoms with Crippen LogP contribution in [0.25, 0.3) is 0 Å². The first-order valence-electron chi connectivity index (χ1n) is 14.7. The van der Waals surface area contributed by atoms with Crippen molar-refractivity contribution in [3.63, 3.8) is 0 Å². The summed E-state index contributed by atoms with van der Waals surface area (Å²) in [6, 6.07) is 14.8. The Bertz CT molecular complexity index is 1330. The number of hydrazine groups is 1. The summed E-state index contributed by atoms with van der Waals surface area (Å²) < 4.78 is 21.9. The van der Waals surface area contributed by atoms with Gasteiger partial charge in [-0.05, 0) is 61.1 Å².